The number of hydrogen-bond acceptors (Lipinski definition) is 1. The van der Waals surface area contributed by atoms with Crippen LogP contribution in [-0.4, -0.2) is 19.5 Å². The lowest BCUT2D eigenvalue weighted by atomic mass is 9.94. The van der Waals surface area contributed by atoms with Gasteiger partial charge in [-0.1, -0.05) is 6.92 Å². The van der Waals surface area contributed by atoms with E-state index in [0.717, 1.165) is 19.3 Å². The van der Waals surface area contributed by atoms with Crippen molar-refractivity contribution in [2.45, 2.75) is 44.7 Å². The second-order valence-electron chi connectivity index (χ2n) is 3.00. The van der Waals surface area contributed by atoms with E-state index in [1.807, 2.05) is 0 Å². The summed E-state index contributed by atoms with van der Waals surface area (Å²) in [5.74, 6) is 0. The second kappa shape index (κ2) is 2.33. The summed E-state index contributed by atoms with van der Waals surface area (Å²) in [4.78, 5) is 0. The monoisotopic (exact) mass is 124 g/mol. The van der Waals surface area contributed by atoms with Gasteiger partial charge in [0.25, 0.3) is 0 Å². The smallest absolute Gasteiger partial charge is 0.109 e. The summed E-state index contributed by atoms with van der Waals surface area (Å²) in [6.07, 6.45) is 3.20. The first-order chi connectivity index (χ1) is 4.16. The van der Waals surface area contributed by atoms with Gasteiger partial charge in [-0.25, -0.2) is 0 Å². The van der Waals surface area contributed by atoms with Gasteiger partial charge in [0.15, 0.2) is 0 Å². The summed E-state index contributed by atoms with van der Waals surface area (Å²) >= 11 is 0. The molecule has 0 aromatic carbocycles. The van der Waals surface area contributed by atoms with E-state index >= 15 is 0 Å². The summed E-state index contributed by atoms with van der Waals surface area (Å²) in [6.45, 7) is 4.26. The lowest BCUT2D eigenvalue weighted by Crippen LogP contribution is -2.23. The molecular formula is C7H13BO. The molecule has 1 aliphatic rings. The highest BCUT2D eigenvalue weighted by atomic mass is 16.5. The minimum atomic E-state index is -0.00468. The highest BCUT2D eigenvalue weighted by Gasteiger charge is 2.31. The molecule has 0 bridgehead atoms. The first kappa shape index (κ1) is 7.14. The molecule has 1 heterocycles. The largest absolute Gasteiger partial charge is 0.382 e. The van der Waals surface area contributed by atoms with Crippen molar-refractivity contribution in [3.05, 3.63) is 0 Å². The molecular weight excluding hydrogens is 111 g/mol. The average Bonchev–Trinajstić information content (AvgIpc) is 2.13. The van der Waals surface area contributed by atoms with Crippen LogP contribution in [0, 0.1) is 0 Å². The maximum absolute atomic E-state index is 5.56. The molecule has 0 aliphatic carbocycles. The molecule has 2 heteroatoms. The van der Waals surface area contributed by atoms with E-state index in [1.165, 1.54) is 0 Å². The van der Waals surface area contributed by atoms with Gasteiger partial charge in [-0.05, 0) is 26.2 Å². The molecule has 2 atom stereocenters. The van der Waals surface area contributed by atoms with Crippen molar-refractivity contribution >= 4 is 7.85 Å². The van der Waals surface area contributed by atoms with Crippen LogP contribution in [0.5, 0.6) is 0 Å². The third kappa shape index (κ3) is 1.48. The van der Waals surface area contributed by atoms with Gasteiger partial charge in [0.1, 0.15) is 7.85 Å². The Morgan fingerprint density at radius 1 is 1.78 bits per heavy atom. The minimum absolute atomic E-state index is 0.00468. The van der Waals surface area contributed by atoms with Crippen LogP contribution in [0.15, 0.2) is 0 Å². The maximum Gasteiger partial charge on any atom is 0.109 e. The van der Waals surface area contributed by atoms with Crippen LogP contribution >= 0.6 is 0 Å². The topological polar surface area (TPSA) is 9.23 Å². The molecule has 1 aliphatic heterocycles. The molecule has 1 fully saturated rings. The van der Waals surface area contributed by atoms with E-state index in [2.05, 4.69) is 13.8 Å². The van der Waals surface area contributed by atoms with Crippen molar-refractivity contribution in [3.8, 4) is 0 Å². The Labute approximate surface area is 58.2 Å². The van der Waals surface area contributed by atoms with Crippen LogP contribution in [0.2, 0.25) is 0 Å². The van der Waals surface area contributed by atoms with E-state index < -0.39 is 0 Å². The molecule has 0 aromatic rings. The Morgan fingerprint density at radius 3 is 2.67 bits per heavy atom. The number of rotatable bonds is 1. The fraction of sp³-hybridized carbons (Fsp3) is 1.00. The van der Waals surface area contributed by atoms with Gasteiger partial charge in [-0.3, -0.25) is 0 Å². The Balaban J connectivity index is 2.45. The molecule has 1 rings (SSSR count). The molecule has 0 aromatic heterocycles. The van der Waals surface area contributed by atoms with Crippen molar-refractivity contribution in [1.29, 1.82) is 0 Å². The highest BCUT2D eigenvalue weighted by molar-refractivity contribution is 6.11. The van der Waals surface area contributed by atoms with Crippen molar-refractivity contribution in [1.82, 2.24) is 0 Å². The van der Waals surface area contributed by atoms with Crippen molar-refractivity contribution < 1.29 is 4.74 Å². The SMILES string of the molecule is [B][C@H]1CC[C@@](C)(CC)O1. The van der Waals surface area contributed by atoms with E-state index in [4.69, 9.17) is 12.6 Å². The highest BCUT2D eigenvalue weighted by Crippen LogP contribution is 2.30. The molecule has 1 nitrogen and oxygen atoms in total. The zero-order chi connectivity index (χ0) is 6.91. The van der Waals surface area contributed by atoms with E-state index in [-0.39, 0.29) is 11.6 Å². The van der Waals surface area contributed by atoms with E-state index in [0.29, 0.717) is 0 Å². The van der Waals surface area contributed by atoms with Gasteiger partial charge >= 0.3 is 0 Å². The zero-order valence-corrected chi connectivity index (χ0v) is 6.18. The molecule has 0 amide bonds. The summed E-state index contributed by atoms with van der Waals surface area (Å²) in [5.41, 5.74) is 0.0828. The van der Waals surface area contributed by atoms with Gasteiger partial charge in [0.05, 0.1) is 5.60 Å². The quantitative estimate of drug-likeness (QED) is 0.481. The van der Waals surface area contributed by atoms with Crippen LogP contribution in [-0.2, 0) is 4.74 Å². The van der Waals surface area contributed by atoms with Crippen molar-refractivity contribution in [2.24, 2.45) is 0 Å². The Hall–Kier alpha value is 0.0249. The number of hydrogen-bond donors (Lipinski definition) is 0. The van der Waals surface area contributed by atoms with Gasteiger partial charge in [-0.2, -0.15) is 0 Å². The molecule has 0 saturated carbocycles. The summed E-state index contributed by atoms with van der Waals surface area (Å²) in [6, 6.07) is -0.00468. The summed E-state index contributed by atoms with van der Waals surface area (Å²) in [5, 5.41) is 0. The lowest BCUT2D eigenvalue weighted by Gasteiger charge is -2.21. The fourth-order valence-electron chi connectivity index (χ4n) is 1.19. The van der Waals surface area contributed by atoms with Gasteiger partial charge in [0, 0.05) is 6.00 Å². The Bertz CT molecular complexity index is 105. The van der Waals surface area contributed by atoms with Crippen LogP contribution in [0.25, 0.3) is 0 Å². The standard InChI is InChI=1S/C7H13BO/c1-3-7(2)5-4-6(8)9-7/h6H,3-5H2,1-2H3/t6-,7-/m1/s1. The van der Waals surface area contributed by atoms with E-state index in [9.17, 15) is 0 Å². The molecule has 0 N–H and O–H groups in total. The first-order valence-electron chi connectivity index (χ1n) is 3.60. The van der Waals surface area contributed by atoms with Crippen molar-refractivity contribution in [2.75, 3.05) is 0 Å². The average molecular weight is 124 g/mol. The third-order valence-corrected chi connectivity index (χ3v) is 2.14. The Kier molecular flexibility index (Phi) is 1.85. The van der Waals surface area contributed by atoms with Crippen LogP contribution < -0.4 is 0 Å². The molecule has 0 spiro atoms. The minimum Gasteiger partial charge on any atom is -0.382 e. The van der Waals surface area contributed by atoms with Crippen LogP contribution in [0.4, 0.5) is 0 Å². The first-order valence-corrected chi connectivity index (χ1v) is 3.60. The van der Waals surface area contributed by atoms with Gasteiger partial charge < -0.3 is 4.74 Å². The van der Waals surface area contributed by atoms with Crippen LogP contribution in [0.1, 0.15) is 33.1 Å². The molecule has 9 heavy (non-hydrogen) atoms. The maximum atomic E-state index is 5.56. The molecule has 0 unspecified atom stereocenters. The zero-order valence-electron chi connectivity index (χ0n) is 6.18. The van der Waals surface area contributed by atoms with Gasteiger partial charge in [-0.15, -0.1) is 0 Å². The summed E-state index contributed by atoms with van der Waals surface area (Å²) in [7, 11) is 5.56. The summed E-state index contributed by atoms with van der Waals surface area (Å²) < 4.78 is 5.48. The number of ether oxygens (including phenoxy) is 1. The predicted octanol–water partition coefficient (Wildman–Crippen LogP) is 1.46. The molecule has 50 valence electrons. The second-order valence-corrected chi connectivity index (χ2v) is 3.00. The molecule has 2 radical (unpaired) electrons. The lowest BCUT2D eigenvalue weighted by molar-refractivity contribution is 0.000542. The van der Waals surface area contributed by atoms with Gasteiger partial charge in [0.2, 0.25) is 0 Å². The molecule has 1 saturated heterocycles. The predicted molar refractivity (Wildman–Crippen MR) is 38.6 cm³/mol. The van der Waals surface area contributed by atoms with Crippen LogP contribution in [0.3, 0.4) is 0 Å². The third-order valence-electron chi connectivity index (χ3n) is 2.14. The van der Waals surface area contributed by atoms with Crippen molar-refractivity contribution in [3.63, 3.8) is 0 Å². The fourth-order valence-corrected chi connectivity index (χ4v) is 1.19. The van der Waals surface area contributed by atoms with E-state index in [1.54, 1.807) is 0 Å². The normalized spacial score (nSPS) is 43.6. The Morgan fingerprint density at radius 2 is 2.44 bits per heavy atom.